The zero-order valence-corrected chi connectivity index (χ0v) is 54.9. The van der Waals surface area contributed by atoms with Crippen molar-refractivity contribution in [2.75, 3.05) is 19.8 Å². The van der Waals surface area contributed by atoms with Crippen molar-refractivity contribution in [3.8, 4) is 0 Å². The van der Waals surface area contributed by atoms with E-state index < -0.39 is 86.8 Å². The molecule has 2 aliphatic heterocycles. The van der Waals surface area contributed by atoms with Crippen molar-refractivity contribution in [3.05, 3.63) is 109 Å². The first-order chi connectivity index (χ1) is 43.1. The van der Waals surface area contributed by atoms with Crippen LogP contribution in [-0.4, -0.2) is 140 Å². The highest BCUT2D eigenvalue weighted by molar-refractivity contribution is 5.76. The first-order valence-corrected chi connectivity index (χ1v) is 35.1. The molecule has 2 rings (SSSR count). The lowest BCUT2D eigenvalue weighted by Gasteiger charge is -2.46. The van der Waals surface area contributed by atoms with E-state index in [2.05, 4.69) is 116 Å². The third kappa shape index (κ3) is 41.2. The van der Waals surface area contributed by atoms with E-state index in [1.165, 1.54) is 122 Å². The minimum Gasteiger partial charge on any atom is -0.394 e. The second kappa shape index (κ2) is 57.5. The third-order valence-corrected chi connectivity index (χ3v) is 16.4. The van der Waals surface area contributed by atoms with Crippen molar-refractivity contribution in [3.63, 3.8) is 0 Å². The highest BCUT2D eigenvalue weighted by Crippen LogP contribution is 2.30. The molecule has 0 aromatic rings. The number of rotatable bonds is 56. The fourth-order valence-corrected chi connectivity index (χ4v) is 10.9. The quantitative estimate of drug-likeness (QED) is 0.0204. The molecule has 88 heavy (non-hydrogen) atoms. The molecule has 1 amide bonds. The number of carbonyl (C=O) groups excluding carboxylic acids is 1. The van der Waals surface area contributed by atoms with Crippen molar-refractivity contribution < 1.29 is 64.6 Å². The Hall–Kier alpha value is -3.35. The van der Waals surface area contributed by atoms with E-state index in [-0.39, 0.29) is 18.9 Å². The molecule has 0 bridgehead atoms. The van der Waals surface area contributed by atoms with Gasteiger partial charge in [-0.2, -0.15) is 0 Å². The number of ether oxygens (including phenoxy) is 4. The van der Waals surface area contributed by atoms with E-state index in [0.717, 1.165) is 103 Å². The molecule has 506 valence electrons. The standard InChI is InChI=1S/C74H127NO13/c1-3-5-7-9-11-13-15-17-19-21-23-25-27-29-30-31-32-34-36-38-40-42-44-46-48-50-52-54-56-58-66(79)75-62(61-85-73-71(84)69(82)72(65(60-77)87-73)88-74-70(83)68(81)67(80)64(59-76)86-74)63(78)57-55-53-51-49-47-45-43-41-39-37-35-33-28-26-24-22-20-18-16-14-12-10-8-6-4-2/h5,7,11,13,17,19,23,25,29-30,32,34,38,40,47,49,55,57,62-65,67-74,76-78,80-84H,3-4,6,8-10,12,14-16,18,20-22,24,26-28,31,33,35-37,39,41-46,48,50-54,56,58-61H2,1-2H3,(H,75,79)/b7-5-,13-11-,19-17-,25-23-,30-29-,34-32-,40-38-,49-47+,57-55+. The number of allylic oxidation sites excluding steroid dienone is 17. The van der Waals surface area contributed by atoms with Crippen LogP contribution in [0.4, 0.5) is 0 Å². The maximum absolute atomic E-state index is 13.3. The molecule has 2 aliphatic rings. The molecule has 0 aliphatic carbocycles. The molecule has 14 heteroatoms. The minimum atomic E-state index is -1.80. The summed E-state index contributed by atoms with van der Waals surface area (Å²) in [5.74, 6) is -0.263. The van der Waals surface area contributed by atoms with Gasteiger partial charge >= 0.3 is 0 Å². The number of amides is 1. The first-order valence-electron chi connectivity index (χ1n) is 35.1. The summed E-state index contributed by atoms with van der Waals surface area (Å²) in [4.78, 5) is 13.3. The third-order valence-electron chi connectivity index (χ3n) is 16.4. The van der Waals surface area contributed by atoms with Gasteiger partial charge in [0.25, 0.3) is 0 Å². The fourth-order valence-electron chi connectivity index (χ4n) is 10.9. The van der Waals surface area contributed by atoms with Crippen LogP contribution in [-0.2, 0) is 23.7 Å². The van der Waals surface area contributed by atoms with Crippen LogP contribution in [0.1, 0.15) is 258 Å². The molecular weight excluding hydrogens is 1110 g/mol. The molecule has 0 spiro atoms. The van der Waals surface area contributed by atoms with Gasteiger partial charge in [-0.25, -0.2) is 0 Å². The van der Waals surface area contributed by atoms with Crippen molar-refractivity contribution >= 4 is 5.91 Å². The fraction of sp³-hybridized carbons (Fsp3) is 0.743. The molecule has 9 N–H and O–H groups in total. The van der Waals surface area contributed by atoms with Crippen molar-refractivity contribution in [2.45, 2.75) is 331 Å². The predicted octanol–water partition coefficient (Wildman–Crippen LogP) is 14.3. The first kappa shape index (κ1) is 80.7. The Labute approximate surface area is 534 Å². The summed E-state index contributed by atoms with van der Waals surface area (Å²) in [6.07, 6.45) is 65.6. The minimum absolute atomic E-state index is 0.254. The highest BCUT2D eigenvalue weighted by atomic mass is 16.7. The van der Waals surface area contributed by atoms with Gasteiger partial charge in [-0.05, 0) is 89.9 Å². The molecule has 12 unspecified atom stereocenters. The maximum atomic E-state index is 13.3. The molecule has 0 aromatic heterocycles. The van der Waals surface area contributed by atoms with Gasteiger partial charge in [0.2, 0.25) is 5.91 Å². The van der Waals surface area contributed by atoms with E-state index in [1.807, 2.05) is 6.08 Å². The van der Waals surface area contributed by atoms with Crippen molar-refractivity contribution in [1.29, 1.82) is 0 Å². The number of aliphatic hydroxyl groups excluding tert-OH is 8. The van der Waals surface area contributed by atoms with E-state index >= 15 is 0 Å². The van der Waals surface area contributed by atoms with Gasteiger partial charge in [0.15, 0.2) is 12.6 Å². The van der Waals surface area contributed by atoms with Crippen LogP contribution in [0.5, 0.6) is 0 Å². The lowest BCUT2D eigenvalue weighted by molar-refractivity contribution is -0.359. The monoisotopic (exact) mass is 1240 g/mol. The molecule has 0 aromatic carbocycles. The summed E-state index contributed by atoms with van der Waals surface area (Å²) in [6, 6.07) is -0.947. The van der Waals surface area contributed by atoms with E-state index in [0.29, 0.717) is 12.8 Å². The lowest BCUT2D eigenvalue weighted by atomic mass is 9.97. The van der Waals surface area contributed by atoms with Crippen LogP contribution in [0.25, 0.3) is 0 Å². The number of aliphatic hydroxyl groups is 8. The summed E-state index contributed by atoms with van der Waals surface area (Å²) < 4.78 is 22.8. The van der Waals surface area contributed by atoms with Crippen LogP contribution in [0.3, 0.4) is 0 Å². The molecule has 12 atom stereocenters. The molecule has 0 radical (unpaired) electrons. The van der Waals surface area contributed by atoms with Crippen LogP contribution in [0, 0.1) is 0 Å². The summed E-state index contributed by atoms with van der Waals surface area (Å²) >= 11 is 0. The summed E-state index contributed by atoms with van der Waals surface area (Å²) in [5.41, 5.74) is 0. The topological polar surface area (TPSA) is 228 Å². The van der Waals surface area contributed by atoms with E-state index in [1.54, 1.807) is 6.08 Å². The van der Waals surface area contributed by atoms with E-state index in [4.69, 9.17) is 18.9 Å². The Morgan fingerprint density at radius 3 is 1.25 bits per heavy atom. The van der Waals surface area contributed by atoms with Gasteiger partial charge in [-0.1, -0.05) is 271 Å². The second-order valence-electron chi connectivity index (χ2n) is 24.3. The van der Waals surface area contributed by atoms with Crippen LogP contribution >= 0.6 is 0 Å². The number of unbranched alkanes of at least 4 members (excludes halogenated alkanes) is 27. The van der Waals surface area contributed by atoms with Crippen molar-refractivity contribution in [1.82, 2.24) is 5.32 Å². The lowest BCUT2D eigenvalue weighted by Crippen LogP contribution is -2.65. The smallest absolute Gasteiger partial charge is 0.220 e. The van der Waals surface area contributed by atoms with Crippen LogP contribution < -0.4 is 5.32 Å². The van der Waals surface area contributed by atoms with Crippen LogP contribution in [0.15, 0.2) is 109 Å². The van der Waals surface area contributed by atoms with Gasteiger partial charge in [-0.3, -0.25) is 4.79 Å². The zero-order valence-electron chi connectivity index (χ0n) is 54.9. The molecule has 2 heterocycles. The SMILES string of the molecule is CC/C=C\C/C=C\C/C=C\C/C=C\C/C=C\C/C=C\C/C=C\CCCCCCCCCC(=O)NC(COC1OC(CO)C(OC2OC(CO)C(O)C(O)C2O)C(O)C1O)C(O)/C=C/CC/C=C/CCCCCCCCCCCCCCCCCCCCC. The van der Waals surface area contributed by atoms with Gasteiger partial charge in [0.05, 0.1) is 32.0 Å². The van der Waals surface area contributed by atoms with Crippen LogP contribution in [0.2, 0.25) is 0 Å². The Morgan fingerprint density at radius 2 is 0.795 bits per heavy atom. The predicted molar refractivity (Wildman–Crippen MR) is 359 cm³/mol. The highest BCUT2D eigenvalue weighted by Gasteiger charge is 2.51. The molecular formula is C74H127NO13. The van der Waals surface area contributed by atoms with Gasteiger partial charge in [0.1, 0.15) is 48.8 Å². The molecule has 14 nitrogen and oxygen atoms in total. The Bertz CT molecular complexity index is 1890. The summed E-state index contributed by atoms with van der Waals surface area (Å²) in [6.45, 7) is 2.67. The summed E-state index contributed by atoms with van der Waals surface area (Å²) in [5, 5.41) is 87.4. The largest absolute Gasteiger partial charge is 0.394 e. The average Bonchev–Trinajstić information content (AvgIpc) is 2.07. The molecule has 2 fully saturated rings. The van der Waals surface area contributed by atoms with Gasteiger partial charge < -0.3 is 65.1 Å². The number of nitrogens with one attached hydrogen (secondary N) is 1. The number of hydrogen-bond donors (Lipinski definition) is 9. The van der Waals surface area contributed by atoms with Gasteiger partial charge in [-0.15, -0.1) is 0 Å². The maximum Gasteiger partial charge on any atom is 0.220 e. The Kier molecular flexibility index (Phi) is 52.8. The Morgan fingerprint density at radius 1 is 0.420 bits per heavy atom. The Balaban J connectivity index is 1.72. The zero-order chi connectivity index (χ0) is 63.8. The van der Waals surface area contributed by atoms with E-state index in [9.17, 15) is 45.6 Å². The number of hydrogen-bond acceptors (Lipinski definition) is 13. The number of carbonyl (C=O) groups is 1. The van der Waals surface area contributed by atoms with Crippen molar-refractivity contribution in [2.24, 2.45) is 0 Å². The average molecular weight is 1240 g/mol. The normalized spacial score (nSPS) is 23.8. The molecule has 0 saturated carbocycles. The second-order valence-corrected chi connectivity index (χ2v) is 24.3. The van der Waals surface area contributed by atoms with Gasteiger partial charge in [0, 0.05) is 6.42 Å². The summed E-state index contributed by atoms with van der Waals surface area (Å²) in [7, 11) is 0. The molecule has 2 saturated heterocycles.